The Labute approximate surface area is 170 Å². The number of aliphatic hydroxyl groups excluding tert-OH is 2. The van der Waals surface area contributed by atoms with Crippen molar-refractivity contribution in [3.05, 3.63) is 59.2 Å². The second kappa shape index (κ2) is 9.87. The van der Waals surface area contributed by atoms with E-state index in [1.807, 2.05) is 12.1 Å². The summed E-state index contributed by atoms with van der Waals surface area (Å²) >= 11 is 0. The fourth-order valence-electron chi connectivity index (χ4n) is 4.98. The molecular formula is C25H37NO2. The summed E-state index contributed by atoms with van der Waals surface area (Å²) in [5.41, 5.74) is 3.96. The van der Waals surface area contributed by atoms with Crippen molar-refractivity contribution in [3.8, 4) is 0 Å². The minimum Gasteiger partial charge on any atom is -0.392 e. The van der Waals surface area contributed by atoms with Crippen molar-refractivity contribution in [1.82, 2.24) is 4.90 Å². The molecular weight excluding hydrogens is 346 g/mol. The summed E-state index contributed by atoms with van der Waals surface area (Å²) in [4.78, 5) is 2.25. The van der Waals surface area contributed by atoms with Gasteiger partial charge < -0.3 is 15.1 Å². The summed E-state index contributed by atoms with van der Waals surface area (Å²) in [7, 11) is 4.26. The predicted octanol–water partition coefficient (Wildman–Crippen LogP) is 4.13. The highest BCUT2D eigenvalue weighted by Gasteiger charge is 2.43. The summed E-state index contributed by atoms with van der Waals surface area (Å²) < 4.78 is 0. The molecule has 0 unspecified atom stereocenters. The summed E-state index contributed by atoms with van der Waals surface area (Å²) in [5, 5.41) is 21.0. The fourth-order valence-corrected chi connectivity index (χ4v) is 4.98. The minimum atomic E-state index is -0.493. The Morgan fingerprint density at radius 2 is 2.07 bits per heavy atom. The highest BCUT2D eigenvalue weighted by molar-refractivity contribution is 5.24. The lowest BCUT2D eigenvalue weighted by Crippen LogP contribution is -2.18. The number of rotatable bonds is 9. The van der Waals surface area contributed by atoms with Crippen LogP contribution >= 0.6 is 0 Å². The molecule has 154 valence electrons. The monoisotopic (exact) mass is 383 g/mol. The lowest BCUT2D eigenvalue weighted by Gasteiger charge is -2.19. The van der Waals surface area contributed by atoms with E-state index in [9.17, 15) is 10.2 Å². The van der Waals surface area contributed by atoms with Crippen molar-refractivity contribution < 1.29 is 10.2 Å². The number of aliphatic hydroxyl groups is 2. The first-order chi connectivity index (χ1) is 13.4. The Balaban J connectivity index is 1.50. The molecule has 2 aliphatic carbocycles. The third kappa shape index (κ3) is 5.79. The van der Waals surface area contributed by atoms with Gasteiger partial charge in [-0.1, -0.05) is 53.6 Å². The van der Waals surface area contributed by atoms with Crippen LogP contribution in [0.1, 0.15) is 43.2 Å². The van der Waals surface area contributed by atoms with Gasteiger partial charge in [0.25, 0.3) is 0 Å². The van der Waals surface area contributed by atoms with Crippen LogP contribution < -0.4 is 0 Å². The van der Waals surface area contributed by atoms with E-state index in [1.165, 1.54) is 24.8 Å². The molecule has 0 saturated heterocycles. The predicted molar refractivity (Wildman–Crippen MR) is 116 cm³/mol. The maximum atomic E-state index is 10.5. The number of allylic oxidation sites excluding steroid dienone is 2. The molecule has 0 bridgehead atoms. The largest absolute Gasteiger partial charge is 0.392 e. The van der Waals surface area contributed by atoms with E-state index in [-0.39, 0.29) is 12.0 Å². The Morgan fingerprint density at radius 1 is 1.25 bits per heavy atom. The Bertz CT molecular complexity index is 694. The van der Waals surface area contributed by atoms with Gasteiger partial charge in [0, 0.05) is 12.3 Å². The molecule has 0 radical (unpaired) electrons. The number of aryl methyl sites for hydroxylation is 1. The van der Waals surface area contributed by atoms with E-state index >= 15 is 0 Å². The van der Waals surface area contributed by atoms with Gasteiger partial charge >= 0.3 is 0 Å². The zero-order valence-electron chi connectivity index (χ0n) is 17.7. The first-order valence-electron chi connectivity index (χ1n) is 10.9. The lowest BCUT2D eigenvalue weighted by molar-refractivity contribution is 0.140. The Kier molecular flexibility index (Phi) is 7.50. The molecule has 3 rings (SSSR count). The molecule has 3 nitrogen and oxygen atoms in total. The molecule has 0 aliphatic heterocycles. The first kappa shape index (κ1) is 21.3. The third-order valence-electron chi connectivity index (χ3n) is 6.39. The van der Waals surface area contributed by atoms with Gasteiger partial charge in [0.15, 0.2) is 0 Å². The fraction of sp³-hybridized carbons (Fsp3) is 0.600. The molecule has 1 aromatic rings. The van der Waals surface area contributed by atoms with E-state index in [4.69, 9.17) is 0 Å². The molecule has 0 spiro atoms. The number of unbranched alkanes of at least 4 members (excludes halogenated alkanes) is 1. The normalized spacial score (nSPS) is 28.1. The number of hydrogen-bond acceptors (Lipinski definition) is 3. The molecule has 28 heavy (non-hydrogen) atoms. The summed E-state index contributed by atoms with van der Waals surface area (Å²) in [6.07, 6.45) is 12.0. The van der Waals surface area contributed by atoms with Crippen molar-refractivity contribution in [2.75, 3.05) is 20.6 Å². The highest BCUT2D eigenvalue weighted by atomic mass is 16.3. The summed E-state index contributed by atoms with van der Waals surface area (Å²) in [6.45, 7) is 3.23. The molecule has 0 heterocycles. The number of hydrogen-bond donors (Lipinski definition) is 2. The van der Waals surface area contributed by atoms with E-state index in [2.05, 4.69) is 56.3 Å². The molecule has 0 aromatic heterocycles. The smallest absolute Gasteiger partial charge is 0.0761 e. The van der Waals surface area contributed by atoms with Crippen LogP contribution in [0, 0.1) is 24.7 Å². The number of fused-ring (bicyclic) bond motifs is 1. The number of nitrogens with zero attached hydrogens (tertiary/aromatic N) is 1. The van der Waals surface area contributed by atoms with Crippen LogP contribution in [0.15, 0.2) is 48.1 Å². The first-order valence-corrected chi connectivity index (χ1v) is 10.9. The lowest BCUT2D eigenvalue weighted by atomic mass is 9.88. The van der Waals surface area contributed by atoms with Gasteiger partial charge in [0.05, 0.1) is 12.2 Å². The zero-order valence-corrected chi connectivity index (χ0v) is 17.7. The van der Waals surface area contributed by atoms with E-state index in [0.29, 0.717) is 18.3 Å². The van der Waals surface area contributed by atoms with Crippen molar-refractivity contribution in [2.24, 2.45) is 17.8 Å². The maximum absolute atomic E-state index is 10.5. The molecule has 0 amide bonds. The van der Waals surface area contributed by atoms with Crippen molar-refractivity contribution in [3.63, 3.8) is 0 Å². The molecule has 2 aliphatic rings. The second-order valence-corrected chi connectivity index (χ2v) is 9.14. The zero-order chi connectivity index (χ0) is 20.1. The Hall–Kier alpha value is -1.42. The van der Waals surface area contributed by atoms with Crippen molar-refractivity contribution in [1.29, 1.82) is 0 Å². The van der Waals surface area contributed by atoms with Crippen LogP contribution in [-0.4, -0.2) is 48.0 Å². The molecule has 1 fully saturated rings. The second-order valence-electron chi connectivity index (χ2n) is 9.14. The summed E-state index contributed by atoms with van der Waals surface area (Å²) in [5.74, 6) is 1.20. The quantitative estimate of drug-likeness (QED) is 0.498. The molecule has 1 saturated carbocycles. The van der Waals surface area contributed by atoms with Crippen LogP contribution in [0.25, 0.3) is 0 Å². The average molecular weight is 384 g/mol. The average Bonchev–Trinajstić information content (AvgIpc) is 3.13. The van der Waals surface area contributed by atoms with Gasteiger partial charge in [-0.05, 0) is 77.1 Å². The maximum Gasteiger partial charge on any atom is 0.0761 e. The molecule has 2 N–H and O–H groups in total. The standard InChI is InChI=1S/C25H37NO2/c1-18-7-6-9-19(13-18)15-22(27)10-11-23-24-16-20(8-4-5-12-26(2)3)14-21(24)17-25(23)28/h6-7,9-11,13-14,21-25,27-28H,4-5,8,12,15-17H2,1-3H3/t21-,22+,23+,24-,25+/m0/s1. The van der Waals surface area contributed by atoms with Crippen molar-refractivity contribution >= 4 is 0 Å². The van der Waals surface area contributed by atoms with Gasteiger partial charge in [0.1, 0.15) is 0 Å². The van der Waals surface area contributed by atoms with Gasteiger partial charge in [-0.15, -0.1) is 0 Å². The SMILES string of the molecule is Cc1cccc(C[C@H](O)C=C[C@@H]2[C@H]3CC(CCCCN(C)C)=C[C@H]3C[C@H]2O)c1. The van der Waals surface area contributed by atoms with Crippen LogP contribution in [0.2, 0.25) is 0 Å². The van der Waals surface area contributed by atoms with Crippen LogP contribution in [0.5, 0.6) is 0 Å². The third-order valence-corrected chi connectivity index (χ3v) is 6.39. The van der Waals surface area contributed by atoms with Gasteiger partial charge in [-0.2, -0.15) is 0 Å². The van der Waals surface area contributed by atoms with E-state index in [1.54, 1.807) is 5.57 Å². The molecule has 1 aromatic carbocycles. The summed E-state index contributed by atoms with van der Waals surface area (Å²) in [6, 6.07) is 8.30. The van der Waals surface area contributed by atoms with E-state index in [0.717, 1.165) is 24.9 Å². The van der Waals surface area contributed by atoms with Crippen LogP contribution in [0.3, 0.4) is 0 Å². The Morgan fingerprint density at radius 3 is 2.82 bits per heavy atom. The highest BCUT2D eigenvalue weighted by Crippen LogP contribution is 2.48. The van der Waals surface area contributed by atoms with Crippen LogP contribution in [-0.2, 0) is 6.42 Å². The van der Waals surface area contributed by atoms with Crippen molar-refractivity contribution in [2.45, 2.75) is 57.7 Å². The van der Waals surface area contributed by atoms with Gasteiger partial charge in [-0.3, -0.25) is 0 Å². The number of benzene rings is 1. The molecule has 3 heteroatoms. The van der Waals surface area contributed by atoms with Gasteiger partial charge in [0.2, 0.25) is 0 Å². The minimum absolute atomic E-state index is 0.174. The van der Waals surface area contributed by atoms with E-state index < -0.39 is 6.10 Å². The van der Waals surface area contributed by atoms with Crippen LogP contribution in [0.4, 0.5) is 0 Å². The topological polar surface area (TPSA) is 43.7 Å². The molecule has 5 atom stereocenters. The van der Waals surface area contributed by atoms with Gasteiger partial charge in [-0.25, -0.2) is 0 Å².